The molecule has 2 atom stereocenters. The van der Waals surface area contributed by atoms with E-state index in [4.69, 9.17) is 9.47 Å². The smallest absolute Gasteiger partial charge is 0.310 e. The molecule has 182 valence electrons. The Balaban J connectivity index is 1.83. The van der Waals surface area contributed by atoms with Crippen LogP contribution in [0.1, 0.15) is 104 Å². The summed E-state index contributed by atoms with van der Waals surface area (Å²) in [6.07, 6.45) is 15.2. The van der Waals surface area contributed by atoms with Crippen molar-refractivity contribution >= 4 is 23.3 Å². The number of quaternary nitrogens is 1. The van der Waals surface area contributed by atoms with E-state index in [0.717, 1.165) is 50.0 Å². The Bertz CT molecular complexity index is 706. The van der Waals surface area contributed by atoms with Crippen molar-refractivity contribution in [3.8, 4) is 5.88 Å². The van der Waals surface area contributed by atoms with Crippen LogP contribution >= 0.6 is 11.7 Å². The second-order valence-electron chi connectivity index (χ2n) is 9.31. The number of carbonyl (C=O) groups is 1. The lowest BCUT2D eigenvalue weighted by Gasteiger charge is -2.41. The number of unbranched alkanes of at least 4 members (excludes halogenated alkanes) is 8. The maximum atomic E-state index is 12.4. The Labute approximate surface area is 199 Å². The van der Waals surface area contributed by atoms with Crippen LogP contribution in [0.2, 0.25) is 0 Å². The molecule has 0 fully saturated rings. The first-order valence-electron chi connectivity index (χ1n) is 12.7. The van der Waals surface area contributed by atoms with E-state index in [9.17, 15) is 4.79 Å². The molecule has 1 aliphatic heterocycles. The van der Waals surface area contributed by atoms with E-state index in [0.29, 0.717) is 23.4 Å². The number of aromatic nitrogens is 2. The quantitative estimate of drug-likeness (QED) is 0.161. The van der Waals surface area contributed by atoms with E-state index in [-0.39, 0.29) is 12.2 Å². The highest BCUT2D eigenvalue weighted by Gasteiger charge is 2.36. The first kappa shape index (κ1) is 26.8. The maximum Gasteiger partial charge on any atom is 0.310 e. The lowest BCUT2D eigenvalue weighted by molar-refractivity contribution is -0.944. The minimum absolute atomic E-state index is 0.0742. The van der Waals surface area contributed by atoms with Crippen molar-refractivity contribution in [1.29, 1.82) is 0 Å². The number of hydrogen-bond acceptors (Lipinski definition) is 6. The van der Waals surface area contributed by atoms with Gasteiger partial charge in [0.1, 0.15) is 12.2 Å². The number of nitrogens with zero attached hydrogens (tertiary/aromatic N) is 3. The maximum absolute atomic E-state index is 12.4. The molecule has 2 rings (SSSR count). The zero-order valence-corrected chi connectivity index (χ0v) is 21.6. The van der Waals surface area contributed by atoms with E-state index < -0.39 is 0 Å². The molecule has 1 aromatic heterocycles. The summed E-state index contributed by atoms with van der Waals surface area (Å²) in [5.41, 5.74) is 2.01. The Morgan fingerprint density at radius 1 is 1.06 bits per heavy atom. The fourth-order valence-corrected chi connectivity index (χ4v) is 4.67. The molecule has 0 amide bonds. The van der Waals surface area contributed by atoms with Gasteiger partial charge in [0.25, 0.3) is 5.88 Å². The molecule has 0 aromatic carbocycles. The van der Waals surface area contributed by atoms with Crippen molar-refractivity contribution in [3.63, 3.8) is 0 Å². The van der Waals surface area contributed by atoms with Gasteiger partial charge >= 0.3 is 5.97 Å². The molecule has 1 aromatic rings. The van der Waals surface area contributed by atoms with Crippen molar-refractivity contribution in [2.24, 2.45) is 0 Å². The van der Waals surface area contributed by atoms with Crippen molar-refractivity contribution in [1.82, 2.24) is 8.75 Å². The molecule has 1 aliphatic rings. The van der Waals surface area contributed by atoms with Gasteiger partial charge in [-0.1, -0.05) is 71.3 Å². The van der Waals surface area contributed by atoms with Gasteiger partial charge < -0.3 is 9.47 Å². The highest BCUT2D eigenvalue weighted by Crippen LogP contribution is 2.31. The molecule has 0 spiro atoms. The molecule has 0 saturated heterocycles. The third-order valence-electron chi connectivity index (χ3n) is 6.48. The number of likely N-dealkylation sites (N-methyl/N-ethyl adjacent to an activating group) is 1. The second kappa shape index (κ2) is 14.6. The fraction of sp³-hybridized carbons (Fsp3) is 0.800. The van der Waals surface area contributed by atoms with E-state index in [1.165, 1.54) is 56.7 Å². The fourth-order valence-electron chi connectivity index (χ4n) is 4.14. The average Bonchev–Trinajstić information content (AvgIpc) is 3.24. The number of hydrogen-bond donors (Lipinski definition) is 0. The van der Waals surface area contributed by atoms with Gasteiger partial charge in [0.05, 0.1) is 31.9 Å². The highest BCUT2D eigenvalue weighted by atomic mass is 32.1. The molecule has 1 unspecified atom stereocenters. The molecule has 0 N–H and O–H groups in total. The number of rotatable bonds is 16. The summed E-state index contributed by atoms with van der Waals surface area (Å²) in [4.78, 5) is 12.4. The van der Waals surface area contributed by atoms with Crippen LogP contribution in [0.4, 0.5) is 0 Å². The summed E-state index contributed by atoms with van der Waals surface area (Å²) in [5.74, 6) is 0.578. The van der Waals surface area contributed by atoms with Crippen LogP contribution in [0.5, 0.6) is 5.88 Å². The van der Waals surface area contributed by atoms with Crippen LogP contribution in [0, 0.1) is 0 Å². The van der Waals surface area contributed by atoms with Gasteiger partial charge in [-0.15, -0.1) is 4.37 Å². The van der Waals surface area contributed by atoms with Crippen molar-refractivity contribution in [2.75, 3.05) is 26.7 Å². The third kappa shape index (κ3) is 8.81. The van der Waals surface area contributed by atoms with E-state index >= 15 is 0 Å². The van der Waals surface area contributed by atoms with E-state index in [1.807, 2.05) is 6.92 Å². The first-order chi connectivity index (χ1) is 15.5. The summed E-state index contributed by atoms with van der Waals surface area (Å²) < 4.78 is 21.4. The SMILES string of the molecule is CCCCCCCCC(=O)O[C@H](C)[N+]1(C)CCC=C(c2nsnc2OCCCCCC)C1. The van der Waals surface area contributed by atoms with Crippen LogP contribution in [0.25, 0.3) is 5.57 Å². The summed E-state index contributed by atoms with van der Waals surface area (Å²) in [6.45, 7) is 8.84. The van der Waals surface area contributed by atoms with Gasteiger partial charge in [-0.25, -0.2) is 0 Å². The van der Waals surface area contributed by atoms with Crippen molar-refractivity contribution in [2.45, 2.75) is 104 Å². The zero-order valence-electron chi connectivity index (χ0n) is 20.7. The molecule has 6 nitrogen and oxygen atoms in total. The lowest BCUT2D eigenvalue weighted by atomic mass is 10.0. The van der Waals surface area contributed by atoms with Crippen LogP contribution in [-0.2, 0) is 9.53 Å². The zero-order chi connectivity index (χ0) is 23.2. The molecule has 0 radical (unpaired) electrons. The van der Waals surface area contributed by atoms with Crippen LogP contribution < -0.4 is 4.74 Å². The molecule has 32 heavy (non-hydrogen) atoms. The van der Waals surface area contributed by atoms with Gasteiger partial charge in [0.15, 0.2) is 0 Å². The molecule has 0 saturated carbocycles. The van der Waals surface area contributed by atoms with E-state index in [2.05, 4.69) is 35.7 Å². The molecule has 7 heteroatoms. The lowest BCUT2D eigenvalue weighted by Crippen LogP contribution is -2.55. The van der Waals surface area contributed by atoms with Gasteiger partial charge in [-0.05, 0) is 12.8 Å². The van der Waals surface area contributed by atoms with Crippen LogP contribution in [0.3, 0.4) is 0 Å². The summed E-state index contributed by atoms with van der Waals surface area (Å²) in [5, 5.41) is 0. The Morgan fingerprint density at radius 2 is 1.75 bits per heavy atom. The summed E-state index contributed by atoms with van der Waals surface area (Å²) in [7, 11) is 2.17. The third-order valence-corrected chi connectivity index (χ3v) is 6.99. The number of carbonyl (C=O) groups excluding carboxylic acids is 1. The standard InChI is InChI=1S/C25H44N3O3S/c1-5-7-9-11-12-13-17-23(29)31-21(3)28(4)18-15-16-22(20-28)24-25(27-32-26-24)30-19-14-10-8-6-2/h16,21H,5-15,17-20H2,1-4H3/q+1/t21-,28?/m1/s1. The summed E-state index contributed by atoms with van der Waals surface area (Å²) in [6, 6.07) is 0. The molecular weight excluding hydrogens is 422 g/mol. The van der Waals surface area contributed by atoms with Crippen LogP contribution in [0.15, 0.2) is 6.08 Å². The molecule has 2 heterocycles. The van der Waals surface area contributed by atoms with Crippen molar-refractivity contribution in [3.05, 3.63) is 11.8 Å². The average molecular weight is 467 g/mol. The van der Waals surface area contributed by atoms with Gasteiger partial charge in [-0.2, -0.15) is 4.37 Å². The Hall–Kier alpha value is -1.47. The minimum Gasteiger partial charge on any atom is -0.475 e. The van der Waals surface area contributed by atoms with Gasteiger partial charge in [0.2, 0.25) is 6.23 Å². The predicted molar refractivity (Wildman–Crippen MR) is 132 cm³/mol. The second-order valence-corrected chi connectivity index (χ2v) is 9.84. The Morgan fingerprint density at radius 3 is 2.50 bits per heavy atom. The normalized spacial score (nSPS) is 19.4. The van der Waals surface area contributed by atoms with Gasteiger partial charge in [-0.3, -0.25) is 9.28 Å². The van der Waals surface area contributed by atoms with Crippen LogP contribution in [-0.4, -0.2) is 52.2 Å². The summed E-state index contributed by atoms with van der Waals surface area (Å²) >= 11 is 1.21. The Kier molecular flexibility index (Phi) is 12.2. The predicted octanol–water partition coefficient (Wildman–Crippen LogP) is 6.37. The number of ether oxygens (including phenoxy) is 2. The number of esters is 1. The topological polar surface area (TPSA) is 61.3 Å². The molecular formula is C25H44N3O3S+. The van der Waals surface area contributed by atoms with Gasteiger partial charge in [0, 0.05) is 25.3 Å². The highest BCUT2D eigenvalue weighted by molar-refractivity contribution is 6.99. The molecule has 0 bridgehead atoms. The van der Waals surface area contributed by atoms with Crippen molar-refractivity contribution < 1.29 is 18.8 Å². The molecule has 0 aliphatic carbocycles. The monoisotopic (exact) mass is 466 g/mol. The minimum atomic E-state index is -0.184. The largest absolute Gasteiger partial charge is 0.475 e. The first-order valence-corrected chi connectivity index (χ1v) is 13.4. The van der Waals surface area contributed by atoms with E-state index in [1.54, 1.807) is 0 Å².